The highest BCUT2D eigenvalue weighted by atomic mass is 32.2. The number of halogens is 1. The number of fused-ring (bicyclic) bond motifs is 1. The van der Waals surface area contributed by atoms with Gasteiger partial charge in [0.2, 0.25) is 0 Å². The smallest absolute Gasteiger partial charge is 0.407 e. The van der Waals surface area contributed by atoms with Gasteiger partial charge in [-0.15, -0.1) is 0 Å². The summed E-state index contributed by atoms with van der Waals surface area (Å²) in [5, 5.41) is 12.8. The average Bonchev–Trinajstić information content (AvgIpc) is 3.32. The Bertz CT molecular complexity index is 1070. The Morgan fingerprint density at radius 3 is 2.70 bits per heavy atom. The van der Waals surface area contributed by atoms with Gasteiger partial charge in [0.15, 0.2) is 15.7 Å². The maximum absolute atomic E-state index is 14.4. The molecule has 3 N–H and O–H groups in total. The fraction of sp³-hybridized carbons (Fsp3) is 0.500. The molecule has 0 spiro atoms. The number of carbonyl (C=O) groups excluding carboxylic acids is 1. The van der Waals surface area contributed by atoms with E-state index in [0.29, 0.717) is 23.4 Å². The Labute approximate surface area is 174 Å². The molecule has 30 heavy (non-hydrogen) atoms. The number of H-pyrrole nitrogens is 1. The number of sulfone groups is 1. The summed E-state index contributed by atoms with van der Waals surface area (Å²) in [4.78, 5) is 11.8. The summed E-state index contributed by atoms with van der Waals surface area (Å²) in [7, 11) is -3.20. The third-order valence-electron chi connectivity index (χ3n) is 5.41. The fourth-order valence-electron chi connectivity index (χ4n) is 4.05. The largest absolute Gasteiger partial charge is 0.446 e. The van der Waals surface area contributed by atoms with E-state index < -0.39 is 21.7 Å². The van der Waals surface area contributed by atoms with Gasteiger partial charge in [-0.1, -0.05) is 0 Å². The number of carbonyl (C=O) groups is 1. The Kier molecular flexibility index (Phi) is 5.44. The van der Waals surface area contributed by atoms with Crippen molar-refractivity contribution in [1.82, 2.24) is 15.5 Å². The van der Waals surface area contributed by atoms with E-state index in [4.69, 9.17) is 4.74 Å². The van der Waals surface area contributed by atoms with E-state index in [0.717, 1.165) is 18.5 Å². The molecule has 1 aromatic carbocycles. The highest BCUT2D eigenvalue weighted by Crippen LogP contribution is 2.36. The van der Waals surface area contributed by atoms with E-state index in [1.54, 1.807) is 0 Å². The lowest BCUT2D eigenvalue weighted by molar-refractivity contribution is 0.0981. The first-order chi connectivity index (χ1) is 14.2. The molecule has 0 radical (unpaired) electrons. The molecule has 2 heterocycles. The number of aromatic nitrogens is 2. The van der Waals surface area contributed by atoms with E-state index in [1.807, 2.05) is 19.9 Å². The van der Waals surface area contributed by atoms with Gasteiger partial charge in [-0.3, -0.25) is 5.10 Å². The van der Waals surface area contributed by atoms with E-state index in [1.165, 1.54) is 12.1 Å². The number of hydrogen-bond donors (Lipinski definition) is 3. The molecule has 1 fully saturated rings. The van der Waals surface area contributed by atoms with Crippen molar-refractivity contribution >= 4 is 27.4 Å². The first kappa shape index (κ1) is 20.6. The Balaban J connectivity index is 1.39. The van der Waals surface area contributed by atoms with Gasteiger partial charge >= 0.3 is 6.09 Å². The lowest BCUT2D eigenvalue weighted by atomic mass is 10.0. The molecule has 2 aromatic rings. The molecule has 0 bridgehead atoms. The van der Waals surface area contributed by atoms with Crippen LogP contribution in [0.15, 0.2) is 18.2 Å². The minimum atomic E-state index is -3.20. The van der Waals surface area contributed by atoms with Crippen molar-refractivity contribution in [2.75, 3.05) is 5.32 Å². The average molecular weight is 437 g/mol. The van der Waals surface area contributed by atoms with Crippen molar-refractivity contribution < 1.29 is 22.3 Å². The van der Waals surface area contributed by atoms with Crippen molar-refractivity contribution in [1.29, 1.82) is 0 Å². The summed E-state index contributed by atoms with van der Waals surface area (Å²) in [6, 6.07) is 4.65. The van der Waals surface area contributed by atoms with Crippen molar-refractivity contribution in [2.24, 2.45) is 0 Å². The van der Waals surface area contributed by atoms with E-state index >= 15 is 0 Å². The van der Waals surface area contributed by atoms with Crippen LogP contribution in [0.2, 0.25) is 0 Å². The Hall–Kier alpha value is -2.62. The highest BCUT2D eigenvalue weighted by Gasteiger charge is 2.30. The molecule has 1 aliphatic heterocycles. The Morgan fingerprint density at radius 2 is 1.97 bits per heavy atom. The zero-order chi connectivity index (χ0) is 21.5. The van der Waals surface area contributed by atoms with E-state index in [9.17, 15) is 17.6 Å². The summed E-state index contributed by atoms with van der Waals surface area (Å²) >= 11 is 0. The second-order valence-corrected chi connectivity index (χ2v) is 10.4. The SMILES string of the molecule is CC(C)NC(=O)OC1CCC(c2cc(Nc3cc4c(cc3F)CS(=O)(=O)C4)n[nH]2)C1. The second-order valence-electron chi connectivity index (χ2n) is 8.30. The third kappa shape index (κ3) is 4.58. The summed E-state index contributed by atoms with van der Waals surface area (Å²) in [5.74, 6) is -0.0872. The van der Waals surface area contributed by atoms with Crippen LogP contribution < -0.4 is 10.6 Å². The molecule has 1 saturated carbocycles. The molecule has 4 rings (SSSR count). The molecular formula is C20H25FN4O4S. The van der Waals surface area contributed by atoms with Crippen LogP contribution in [0.3, 0.4) is 0 Å². The highest BCUT2D eigenvalue weighted by molar-refractivity contribution is 7.90. The van der Waals surface area contributed by atoms with Crippen LogP contribution in [0.1, 0.15) is 55.8 Å². The number of hydrogen-bond acceptors (Lipinski definition) is 6. The molecule has 2 unspecified atom stereocenters. The number of nitrogens with zero attached hydrogens (tertiary/aromatic N) is 1. The molecular weight excluding hydrogens is 411 g/mol. The minimum Gasteiger partial charge on any atom is -0.446 e. The maximum atomic E-state index is 14.4. The normalized spacial score (nSPS) is 22.1. The number of amides is 1. The molecule has 1 amide bonds. The predicted molar refractivity (Wildman–Crippen MR) is 110 cm³/mol. The summed E-state index contributed by atoms with van der Waals surface area (Å²) in [6.07, 6.45) is 1.76. The van der Waals surface area contributed by atoms with Crippen molar-refractivity contribution in [3.05, 3.63) is 40.8 Å². The number of anilines is 2. The molecule has 2 aliphatic rings. The fourth-order valence-corrected chi connectivity index (χ4v) is 5.63. The van der Waals surface area contributed by atoms with Gasteiger partial charge in [-0.25, -0.2) is 17.6 Å². The number of benzene rings is 1. The van der Waals surface area contributed by atoms with Gasteiger partial charge in [-0.2, -0.15) is 5.10 Å². The van der Waals surface area contributed by atoms with Crippen LogP contribution in [0, 0.1) is 5.82 Å². The lowest BCUT2D eigenvalue weighted by Crippen LogP contribution is -2.33. The number of alkyl carbamates (subject to hydrolysis) is 1. The molecule has 1 aromatic heterocycles. The zero-order valence-corrected chi connectivity index (χ0v) is 17.7. The minimum absolute atomic E-state index is 0.0238. The predicted octanol–water partition coefficient (Wildman–Crippen LogP) is 3.49. The first-order valence-corrected chi connectivity index (χ1v) is 11.8. The second kappa shape index (κ2) is 7.90. The molecule has 0 saturated heterocycles. The summed E-state index contributed by atoms with van der Waals surface area (Å²) in [6.45, 7) is 3.75. The van der Waals surface area contributed by atoms with Crippen molar-refractivity contribution in [2.45, 2.75) is 62.7 Å². The standard InChI is InChI=1S/C20H25FN4O4S/c1-11(2)22-20(26)29-15-4-3-12(5-15)17-8-19(25-24-17)23-18-7-14-10-30(27,28)9-13(14)6-16(18)21/h6-8,11-12,15H,3-5,9-10H2,1-2H3,(H,22,26)(H2,23,24,25). The summed E-state index contributed by atoms with van der Waals surface area (Å²) < 4.78 is 43.4. The van der Waals surface area contributed by atoms with Gasteiger partial charge in [0.05, 0.1) is 17.2 Å². The number of rotatable bonds is 5. The molecule has 1 aliphatic carbocycles. The quantitative estimate of drug-likeness (QED) is 0.661. The van der Waals surface area contributed by atoms with Crippen molar-refractivity contribution in [3.63, 3.8) is 0 Å². The first-order valence-electron chi connectivity index (χ1n) is 10.00. The van der Waals surface area contributed by atoms with Crippen LogP contribution >= 0.6 is 0 Å². The lowest BCUT2D eigenvalue weighted by Gasteiger charge is -2.14. The monoisotopic (exact) mass is 436 g/mol. The summed E-state index contributed by atoms with van der Waals surface area (Å²) in [5.41, 5.74) is 2.21. The van der Waals surface area contributed by atoms with Gasteiger partial charge in [0, 0.05) is 23.7 Å². The molecule has 162 valence electrons. The third-order valence-corrected chi connectivity index (χ3v) is 6.91. The van der Waals surface area contributed by atoms with Crippen molar-refractivity contribution in [3.8, 4) is 0 Å². The van der Waals surface area contributed by atoms with Crippen LogP contribution in [0.4, 0.5) is 20.7 Å². The van der Waals surface area contributed by atoms with Crippen LogP contribution in [0.5, 0.6) is 0 Å². The number of nitrogens with one attached hydrogen (secondary N) is 3. The van der Waals surface area contributed by atoms with Crippen LogP contribution in [-0.2, 0) is 26.1 Å². The van der Waals surface area contributed by atoms with Gasteiger partial charge in [0.25, 0.3) is 0 Å². The molecule has 8 nitrogen and oxygen atoms in total. The zero-order valence-electron chi connectivity index (χ0n) is 16.9. The van der Waals surface area contributed by atoms with Gasteiger partial charge in [-0.05, 0) is 56.4 Å². The van der Waals surface area contributed by atoms with Gasteiger partial charge < -0.3 is 15.4 Å². The maximum Gasteiger partial charge on any atom is 0.407 e. The number of ether oxygens (including phenoxy) is 1. The van der Waals surface area contributed by atoms with E-state index in [-0.39, 0.29) is 35.3 Å². The Morgan fingerprint density at radius 1 is 1.23 bits per heavy atom. The van der Waals surface area contributed by atoms with Crippen LogP contribution in [-0.4, -0.2) is 36.9 Å². The molecule has 10 heteroatoms. The van der Waals surface area contributed by atoms with Crippen LogP contribution in [0.25, 0.3) is 0 Å². The topological polar surface area (TPSA) is 113 Å². The van der Waals surface area contributed by atoms with E-state index in [2.05, 4.69) is 20.8 Å². The number of aromatic amines is 1. The molecule has 2 atom stereocenters. The van der Waals surface area contributed by atoms with Gasteiger partial charge in [0.1, 0.15) is 11.9 Å².